The molecule has 2 atom stereocenters. The van der Waals surface area contributed by atoms with Gasteiger partial charge in [0.25, 0.3) is 5.91 Å². The van der Waals surface area contributed by atoms with Crippen LogP contribution < -0.4 is 0 Å². The van der Waals surface area contributed by atoms with Gasteiger partial charge in [0.1, 0.15) is 12.4 Å². The van der Waals surface area contributed by atoms with E-state index in [-0.39, 0.29) is 23.5 Å². The van der Waals surface area contributed by atoms with Gasteiger partial charge < -0.3 is 23.9 Å². The van der Waals surface area contributed by atoms with Crippen LogP contribution in [-0.4, -0.2) is 55.4 Å². The van der Waals surface area contributed by atoms with Crippen LogP contribution in [0.4, 0.5) is 0 Å². The number of methoxy groups -OCH3 is 2. The monoisotopic (exact) mass is 309 g/mol. The second kappa shape index (κ2) is 6.02. The third-order valence-corrected chi connectivity index (χ3v) is 5.17. The molecule has 0 bridgehead atoms. The second-order valence-electron chi connectivity index (χ2n) is 6.20. The number of rotatable bonds is 4. The van der Waals surface area contributed by atoms with Gasteiger partial charge in [0.15, 0.2) is 5.76 Å². The number of carbonyl (C=O) groups excluding carboxylic acids is 1. The van der Waals surface area contributed by atoms with E-state index in [2.05, 4.69) is 0 Å². The van der Waals surface area contributed by atoms with Crippen LogP contribution in [0.15, 0.2) is 16.5 Å². The number of piperidine rings is 1. The van der Waals surface area contributed by atoms with Crippen molar-refractivity contribution in [3.8, 4) is 0 Å². The normalized spacial score (nSPS) is 27.0. The Balaban J connectivity index is 1.62. The summed E-state index contributed by atoms with van der Waals surface area (Å²) < 4.78 is 16.0. The number of carbonyl (C=O) groups is 1. The zero-order valence-corrected chi connectivity index (χ0v) is 13.1. The molecule has 2 heterocycles. The Labute approximate surface area is 130 Å². The lowest BCUT2D eigenvalue weighted by Gasteiger charge is -2.56. The zero-order valence-electron chi connectivity index (χ0n) is 13.1. The van der Waals surface area contributed by atoms with Crippen molar-refractivity contribution in [3.05, 3.63) is 23.7 Å². The first-order chi connectivity index (χ1) is 10.6. The predicted octanol–water partition coefficient (Wildman–Crippen LogP) is 1.43. The Kier molecular flexibility index (Phi) is 4.25. The van der Waals surface area contributed by atoms with Crippen molar-refractivity contribution in [1.82, 2.24) is 4.90 Å². The van der Waals surface area contributed by atoms with E-state index in [1.807, 2.05) is 0 Å². The Morgan fingerprint density at radius 3 is 2.73 bits per heavy atom. The molecule has 0 radical (unpaired) electrons. The number of nitrogens with zero attached hydrogens (tertiary/aromatic N) is 1. The van der Waals surface area contributed by atoms with Gasteiger partial charge in [-0.1, -0.05) is 0 Å². The minimum atomic E-state index is -0.313. The standard InChI is InChI=1S/C16H23NO5/c1-20-10-11-3-4-12(22-11)15(19)17-7-5-16(6-8-17)13(18)9-14(16)21-2/h3-4,13-14,18H,5-10H2,1-2H3/t13-,14+/m1/s1. The van der Waals surface area contributed by atoms with Crippen LogP contribution in [0.25, 0.3) is 0 Å². The summed E-state index contributed by atoms with van der Waals surface area (Å²) in [5.41, 5.74) is -0.171. The van der Waals surface area contributed by atoms with Gasteiger partial charge >= 0.3 is 0 Å². The third kappa shape index (κ3) is 2.45. The zero-order chi connectivity index (χ0) is 15.7. The predicted molar refractivity (Wildman–Crippen MR) is 78.4 cm³/mol. The molecule has 1 N–H and O–H groups in total. The molecule has 6 heteroatoms. The van der Waals surface area contributed by atoms with Gasteiger partial charge in [-0.3, -0.25) is 4.79 Å². The van der Waals surface area contributed by atoms with Crippen LogP contribution >= 0.6 is 0 Å². The molecule has 22 heavy (non-hydrogen) atoms. The van der Waals surface area contributed by atoms with Gasteiger partial charge in [-0.2, -0.15) is 0 Å². The Bertz CT molecular complexity index is 532. The summed E-state index contributed by atoms with van der Waals surface area (Å²) >= 11 is 0. The molecule has 0 unspecified atom stereocenters. The van der Waals surface area contributed by atoms with E-state index < -0.39 is 0 Å². The van der Waals surface area contributed by atoms with Gasteiger partial charge in [-0.15, -0.1) is 0 Å². The maximum absolute atomic E-state index is 12.5. The average Bonchev–Trinajstić information content (AvgIpc) is 3.00. The topological polar surface area (TPSA) is 72.1 Å². The SMILES string of the molecule is COCc1ccc(C(=O)N2CCC3(CC2)[C@H](O)C[C@@H]3OC)o1. The quantitative estimate of drug-likeness (QED) is 0.911. The van der Waals surface area contributed by atoms with Crippen molar-refractivity contribution in [2.24, 2.45) is 5.41 Å². The number of furan rings is 1. The largest absolute Gasteiger partial charge is 0.453 e. The van der Waals surface area contributed by atoms with E-state index in [1.165, 1.54) is 0 Å². The molecule has 6 nitrogen and oxygen atoms in total. The van der Waals surface area contributed by atoms with E-state index in [0.29, 0.717) is 37.6 Å². The van der Waals surface area contributed by atoms with Gasteiger partial charge in [-0.05, 0) is 25.0 Å². The fourth-order valence-corrected chi connectivity index (χ4v) is 3.71. The van der Waals surface area contributed by atoms with E-state index in [9.17, 15) is 9.90 Å². The van der Waals surface area contributed by atoms with Crippen molar-refractivity contribution in [3.63, 3.8) is 0 Å². The molecule has 1 aromatic rings. The number of aliphatic hydroxyl groups is 1. The maximum atomic E-state index is 12.5. The summed E-state index contributed by atoms with van der Waals surface area (Å²) in [5.74, 6) is 0.897. The molecule has 1 amide bonds. The molecule has 1 saturated carbocycles. The van der Waals surface area contributed by atoms with E-state index in [0.717, 1.165) is 12.8 Å². The van der Waals surface area contributed by atoms with E-state index in [1.54, 1.807) is 31.3 Å². The van der Waals surface area contributed by atoms with Crippen LogP contribution in [0.1, 0.15) is 35.6 Å². The fraction of sp³-hybridized carbons (Fsp3) is 0.688. The van der Waals surface area contributed by atoms with Crippen molar-refractivity contribution in [2.75, 3.05) is 27.3 Å². The Hall–Kier alpha value is -1.37. The summed E-state index contributed by atoms with van der Waals surface area (Å²) in [5, 5.41) is 10.1. The first-order valence-corrected chi connectivity index (χ1v) is 7.68. The lowest BCUT2D eigenvalue weighted by molar-refractivity contribution is -0.199. The highest BCUT2D eigenvalue weighted by Crippen LogP contribution is 2.50. The fourth-order valence-electron chi connectivity index (χ4n) is 3.71. The highest BCUT2D eigenvalue weighted by molar-refractivity contribution is 5.91. The number of ether oxygens (including phenoxy) is 2. The number of hydrogen-bond donors (Lipinski definition) is 1. The molecule has 1 saturated heterocycles. The molecule has 3 rings (SSSR count). The van der Waals surface area contributed by atoms with Crippen LogP contribution in [0.3, 0.4) is 0 Å². The smallest absolute Gasteiger partial charge is 0.289 e. The van der Waals surface area contributed by atoms with Crippen molar-refractivity contribution >= 4 is 5.91 Å². The maximum Gasteiger partial charge on any atom is 0.289 e. The molecule has 1 spiro atoms. The van der Waals surface area contributed by atoms with Crippen LogP contribution in [0.2, 0.25) is 0 Å². The second-order valence-corrected chi connectivity index (χ2v) is 6.20. The Morgan fingerprint density at radius 2 is 2.14 bits per heavy atom. The van der Waals surface area contributed by atoms with Crippen LogP contribution in [0.5, 0.6) is 0 Å². The third-order valence-electron chi connectivity index (χ3n) is 5.17. The first kappa shape index (κ1) is 15.5. The molecule has 1 aliphatic carbocycles. The van der Waals surface area contributed by atoms with E-state index >= 15 is 0 Å². The molecule has 122 valence electrons. The first-order valence-electron chi connectivity index (χ1n) is 7.68. The van der Waals surface area contributed by atoms with Crippen LogP contribution in [0, 0.1) is 5.41 Å². The summed E-state index contributed by atoms with van der Waals surface area (Å²) in [6, 6.07) is 3.45. The van der Waals surface area contributed by atoms with Crippen molar-refractivity contribution in [2.45, 2.75) is 38.1 Å². The minimum Gasteiger partial charge on any atom is -0.453 e. The van der Waals surface area contributed by atoms with Crippen molar-refractivity contribution in [1.29, 1.82) is 0 Å². The molecule has 2 aliphatic rings. The molecule has 2 fully saturated rings. The van der Waals surface area contributed by atoms with E-state index in [4.69, 9.17) is 13.9 Å². The molecule has 1 aromatic heterocycles. The van der Waals surface area contributed by atoms with Gasteiger partial charge in [0, 0.05) is 39.1 Å². The van der Waals surface area contributed by atoms with Crippen molar-refractivity contribution < 1.29 is 23.8 Å². The summed E-state index contributed by atoms with van der Waals surface area (Å²) in [4.78, 5) is 14.3. The number of amides is 1. The lowest BCUT2D eigenvalue weighted by atomic mass is 9.58. The molecule has 1 aliphatic heterocycles. The number of aliphatic hydroxyl groups excluding tert-OH is 1. The lowest BCUT2D eigenvalue weighted by Crippen LogP contribution is -2.62. The summed E-state index contributed by atoms with van der Waals surface area (Å²) in [7, 11) is 3.28. The highest BCUT2D eigenvalue weighted by atomic mass is 16.5. The number of hydrogen-bond acceptors (Lipinski definition) is 5. The summed E-state index contributed by atoms with van der Waals surface area (Å²) in [6.45, 7) is 1.60. The van der Waals surface area contributed by atoms with Gasteiger partial charge in [0.05, 0.1) is 12.2 Å². The van der Waals surface area contributed by atoms with Crippen LogP contribution in [-0.2, 0) is 16.1 Å². The average molecular weight is 309 g/mol. The molecular formula is C16H23NO5. The van der Waals surface area contributed by atoms with Gasteiger partial charge in [-0.25, -0.2) is 0 Å². The molecule has 0 aromatic carbocycles. The van der Waals surface area contributed by atoms with Gasteiger partial charge in [0.2, 0.25) is 0 Å². The Morgan fingerprint density at radius 1 is 1.41 bits per heavy atom. The highest BCUT2D eigenvalue weighted by Gasteiger charge is 2.56. The minimum absolute atomic E-state index is 0.0972. The summed E-state index contributed by atoms with van der Waals surface area (Å²) in [6.07, 6.45) is 2.03. The number of likely N-dealkylation sites (tertiary alicyclic amines) is 1. The molecular weight excluding hydrogens is 286 g/mol.